The van der Waals surface area contributed by atoms with Gasteiger partial charge in [-0.15, -0.1) is 0 Å². The molecule has 4 fully saturated rings. The largest absolute Gasteiger partial charge is 0.469 e. The SMILES string of the molecule is COC(=O)[C@]12CCC(C)(C)C[C@H]1C1=CC(=O)[C@@H]3[C@@]4(C)C[C@@H](O)[C@H](O)C(C)(C)[C@@H]4CC[C@@]3(C)[C@]1(C)CC2. The van der Waals surface area contributed by atoms with E-state index in [1.165, 1.54) is 12.7 Å². The Balaban J connectivity index is 1.66. The van der Waals surface area contributed by atoms with Crippen LogP contribution in [0.1, 0.15) is 99.8 Å². The first kappa shape index (κ1) is 26.4. The second kappa shape index (κ2) is 7.68. The second-order valence-electron chi connectivity index (χ2n) is 15.4. The van der Waals surface area contributed by atoms with Crippen molar-refractivity contribution in [2.75, 3.05) is 7.11 Å². The van der Waals surface area contributed by atoms with Gasteiger partial charge in [0.25, 0.3) is 0 Å². The summed E-state index contributed by atoms with van der Waals surface area (Å²) in [4.78, 5) is 27.7. The number of aliphatic hydroxyl groups excluding tert-OH is 2. The Morgan fingerprint density at radius 3 is 2.22 bits per heavy atom. The van der Waals surface area contributed by atoms with Gasteiger partial charge in [-0.25, -0.2) is 0 Å². The molecule has 36 heavy (non-hydrogen) atoms. The molecule has 2 N–H and O–H groups in total. The van der Waals surface area contributed by atoms with Gasteiger partial charge < -0.3 is 14.9 Å². The van der Waals surface area contributed by atoms with Gasteiger partial charge in [-0.2, -0.15) is 0 Å². The molecule has 0 aromatic carbocycles. The van der Waals surface area contributed by atoms with Crippen LogP contribution < -0.4 is 0 Å². The number of allylic oxidation sites excluding steroid dienone is 2. The van der Waals surface area contributed by atoms with Crippen molar-refractivity contribution in [3.8, 4) is 0 Å². The molecule has 202 valence electrons. The first-order chi connectivity index (χ1) is 16.5. The third-order valence-corrected chi connectivity index (χ3v) is 12.9. The zero-order chi connectivity index (χ0) is 26.7. The summed E-state index contributed by atoms with van der Waals surface area (Å²) in [6.07, 6.45) is 7.05. The standard InChI is InChI=1S/C31H48O5/c1-26(2)11-13-31(25(35)36-8)14-12-29(6)18(19(31)16-26)15-20(32)23-28(5)17-21(33)24(34)27(3,4)22(28)9-10-30(23,29)7/h15,19,21-24,33-34H,9-14,16-17H2,1-8H3/t19-,21+,22-,23+,24-,28-,29+,30+,31-/m0/s1. The number of aliphatic hydroxyl groups is 2. The summed E-state index contributed by atoms with van der Waals surface area (Å²) in [5.41, 5.74) is -0.541. The Labute approximate surface area is 217 Å². The normalized spacial score (nSPS) is 51.1. The number of methoxy groups -OCH3 is 1. The molecule has 0 unspecified atom stereocenters. The number of hydrogen-bond acceptors (Lipinski definition) is 5. The van der Waals surface area contributed by atoms with E-state index in [9.17, 15) is 19.8 Å². The third kappa shape index (κ3) is 3.08. The predicted octanol–water partition coefficient (Wildman–Crippen LogP) is 5.47. The van der Waals surface area contributed by atoms with E-state index in [2.05, 4.69) is 48.5 Å². The highest BCUT2D eigenvalue weighted by Gasteiger charge is 2.72. The van der Waals surface area contributed by atoms with Gasteiger partial charge in [0.15, 0.2) is 5.78 Å². The summed E-state index contributed by atoms with van der Waals surface area (Å²) in [7, 11) is 1.51. The fraction of sp³-hybridized carbons (Fsp3) is 0.871. The van der Waals surface area contributed by atoms with E-state index in [1.54, 1.807) is 0 Å². The van der Waals surface area contributed by atoms with E-state index in [1.807, 2.05) is 6.08 Å². The van der Waals surface area contributed by atoms with Crippen LogP contribution in [-0.2, 0) is 14.3 Å². The van der Waals surface area contributed by atoms with Gasteiger partial charge in [0, 0.05) is 5.92 Å². The summed E-state index contributed by atoms with van der Waals surface area (Å²) in [5.74, 6) is 0.0412. The Bertz CT molecular complexity index is 1010. The minimum atomic E-state index is -0.827. The lowest BCUT2D eigenvalue weighted by atomic mass is 9.33. The van der Waals surface area contributed by atoms with Crippen LogP contribution in [0, 0.1) is 50.2 Å². The Hall–Kier alpha value is -1.20. The highest BCUT2D eigenvalue weighted by Crippen LogP contribution is 2.75. The van der Waals surface area contributed by atoms with Crippen LogP contribution in [0.2, 0.25) is 0 Å². The zero-order valence-corrected chi connectivity index (χ0v) is 23.7. The molecule has 4 saturated carbocycles. The highest BCUT2D eigenvalue weighted by molar-refractivity contribution is 5.96. The van der Waals surface area contributed by atoms with E-state index >= 15 is 0 Å². The van der Waals surface area contributed by atoms with E-state index in [4.69, 9.17) is 4.74 Å². The number of esters is 1. The molecule has 0 saturated heterocycles. The average molecular weight is 501 g/mol. The predicted molar refractivity (Wildman–Crippen MR) is 139 cm³/mol. The molecular formula is C31H48O5. The van der Waals surface area contributed by atoms with E-state index in [0.29, 0.717) is 6.42 Å². The lowest BCUT2D eigenvalue weighted by Gasteiger charge is -2.70. The molecule has 0 aromatic heterocycles. The summed E-state index contributed by atoms with van der Waals surface area (Å²) in [6.45, 7) is 15.6. The van der Waals surface area contributed by atoms with Gasteiger partial charge in [-0.1, -0.05) is 54.0 Å². The number of carbonyl (C=O) groups excluding carboxylic acids is 2. The number of ether oxygens (including phenoxy) is 1. The summed E-state index contributed by atoms with van der Waals surface area (Å²) in [6, 6.07) is 0. The fourth-order valence-corrected chi connectivity index (χ4v) is 10.8. The lowest BCUT2D eigenvalue weighted by molar-refractivity contribution is -0.227. The molecule has 0 bridgehead atoms. The molecule has 5 nitrogen and oxygen atoms in total. The van der Waals surface area contributed by atoms with Gasteiger partial charge in [0.2, 0.25) is 0 Å². The molecule has 0 heterocycles. The van der Waals surface area contributed by atoms with Gasteiger partial charge >= 0.3 is 5.97 Å². The molecule has 9 atom stereocenters. The van der Waals surface area contributed by atoms with Crippen LogP contribution in [0.25, 0.3) is 0 Å². The molecule has 5 rings (SSSR count). The Morgan fingerprint density at radius 1 is 0.944 bits per heavy atom. The quantitative estimate of drug-likeness (QED) is 0.466. The summed E-state index contributed by atoms with van der Waals surface area (Å²) in [5, 5.41) is 21.9. The van der Waals surface area contributed by atoms with Crippen LogP contribution in [0.5, 0.6) is 0 Å². The first-order valence-electron chi connectivity index (χ1n) is 14.2. The van der Waals surface area contributed by atoms with E-state index < -0.39 is 23.0 Å². The number of fused-ring (bicyclic) bond motifs is 7. The van der Waals surface area contributed by atoms with Crippen molar-refractivity contribution in [2.45, 2.75) is 112 Å². The second-order valence-corrected chi connectivity index (χ2v) is 15.4. The molecule has 0 amide bonds. The molecule has 5 heteroatoms. The van der Waals surface area contributed by atoms with Gasteiger partial charge in [0.1, 0.15) is 0 Å². The van der Waals surface area contributed by atoms with Gasteiger partial charge in [-0.3, -0.25) is 9.59 Å². The number of hydrogen-bond donors (Lipinski definition) is 2. The van der Waals surface area contributed by atoms with Crippen LogP contribution in [-0.4, -0.2) is 41.3 Å². The molecule has 5 aliphatic carbocycles. The molecule has 0 aliphatic heterocycles. The van der Waals surface area contributed by atoms with Crippen molar-refractivity contribution in [1.29, 1.82) is 0 Å². The van der Waals surface area contributed by atoms with Crippen LogP contribution in [0.15, 0.2) is 11.6 Å². The fourth-order valence-electron chi connectivity index (χ4n) is 10.8. The zero-order valence-electron chi connectivity index (χ0n) is 23.7. The van der Waals surface area contributed by atoms with Crippen LogP contribution >= 0.6 is 0 Å². The monoisotopic (exact) mass is 500 g/mol. The Kier molecular flexibility index (Phi) is 5.64. The molecular weight excluding hydrogens is 452 g/mol. The van der Waals surface area contributed by atoms with Crippen molar-refractivity contribution in [3.63, 3.8) is 0 Å². The minimum Gasteiger partial charge on any atom is -0.469 e. The van der Waals surface area contributed by atoms with Crippen molar-refractivity contribution in [1.82, 2.24) is 0 Å². The van der Waals surface area contributed by atoms with Crippen LogP contribution in [0.4, 0.5) is 0 Å². The maximum atomic E-state index is 14.3. The Morgan fingerprint density at radius 2 is 1.58 bits per heavy atom. The van der Waals surface area contributed by atoms with E-state index in [-0.39, 0.29) is 51.2 Å². The molecule has 0 radical (unpaired) electrons. The van der Waals surface area contributed by atoms with Gasteiger partial charge in [-0.05, 0) is 96.4 Å². The average Bonchev–Trinajstić information content (AvgIpc) is 2.78. The summed E-state index contributed by atoms with van der Waals surface area (Å²) >= 11 is 0. The first-order valence-corrected chi connectivity index (χ1v) is 14.2. The van der Waals surface area contributed by atoms with Crippen molar-refractivity contribution >= 4 is 11.8 Å². The lowest BCUT2D eigenvalue weighted by Crippen LogP contribution is -2.68. The van der Waals surface area contributed by atoms with Crippen LogP contribution in [0.3, 0.4) is 0 Å². The van der Waals surface area contributed by atoms with Crippen molar-refractivity contribution in [2.24, 2.45) is 50.2 Å². The molecule has 5 aliphatic rings. The molecule has 0 aromatic rings. The summed E-state index contributed by atoms with van der Waals surface area (Å²) < 4.78 is 5.42. The number of ketones is 1. The maximum absolute atomic E-state index is 14.3. The highest BCUT2D eigenvalue weighted by atomic mass is 16.5. The number of carbonyl (C=O) groups is 2. The van der Waals surface area contributed by atoms with Crippen molar-refractivity contribution < 1.29 is 24.5 Å². The minimum absolute atomic E-state index is 0.0231. The van der Waals surface area contributed by atoms with Crippen molar-refractivity contribution in [3.05, 3.63) is 11.6 Å². The third-order valence-electron chi connectivity index (χ3n) is 12.9. The maximum Gasteiger partial charge on any atom is 0.312 e. The smallest absolute Gasteiger partial charge is 0.312 e. The number of rotatable bonds is 1. The van der Waals surface area contributed by atoms with E-state index in [0.717, 1.165) is 44.9 Å². The molecule has 0 spiro atoms. The topological polar surface area (TPSA) is 83.8 Å². The van der Waals surface area contributed by atoms with Gasteiger partial charge in [0.05, 0.1) is 24.7 Å².